The Labute approximate surface area is 167 Å². The largest absolute Gasteiger partial charge is 0.463 e. The van der Waals surface area contributed by atoms with Crippen molar-refractivity contribution in [1.82, 2.24) is 0 Å². The average Bonchev–Trinajstić information content (AvgIpc) is 2.72. The molecule has 0 saturated carbocycles. The van der Waals surface area contributed by atoms with E-state index in [0.717, 1.165) is 12.8 Å². The van der Waals surface area contributed by atoms with Crippen LogP contribution in [0.5, 0.6) is 0 Å². The van der Waals surface area contributed by atoms with Crippen molar-refractivity contribution in [2.45, 2.75) is 26.7 Å². The first-order chi connectivity index (χ1) is 14.0. The molecule has 0 radical (unpaired) electrons. The summed E-state index contributed by atoms with van der Waals surface area (Å²) < 4.78 is 15.5. The maximum Gasteiger partial charge on any atom is 0.344 e. The van der Waals surface area contributed by atoms with Crippen LogP contribution < -0.4 is 5.63 Å². The molecule has 0 aliphatic carbocycles. The first-order valence-electron chi connectivity index (χ1n) is 9.56. The van der Waals surface area contributed by atoms with E-state index >= 15 is 0 Å². The zero-order valence-corrected chi connectivity index (χ0v) is 16.4. The predicted octanol–water partition coefficient (Wildman–Crippen LogP) is 4.48. The number of carbonyl (C=O) groups excluding carboxylic acids is 2. The van der Waals surface area contributed by atoms with Crippen LogP contribution in [0.1, 0.15) is 42.6 Å². The third-order valence-corrected chi connectivity index (χ3v) is 4.40. The highest BCUT2D eigenvalue weighted by atomic mass is 16.5. The van der Waals surface area contributed by atoms with Crippen molar-refractivity contribution in [2.75, 3.05) is 13.2 Å². The Kier molecular flexibility index (Phi) is 6.44. The Morgan fingerprint density at radius 3 is 2.59 bits per heavy atom. The van der Waals surface area contributed by atoms with Gasteiger partial charge in [0.2, 0.25) is 0 Å². The summed E-state index contributed by atoms with van der Waals surface area (Å²) in [6.45, 7) is 4.42. The van der Waals surface area contributed by atoms with E-state index in [4.69, 9.17) is 13.9 Å². The third-order valence-electron chi connectivity index (χ3n) is 4.40. The summed E-state index contributed by atoms with van der Waals surface area (Å²) in [5.74, 6) is -0.863. The number of hydrogen-bond donors (Lipinski definition) is 0. The molecule has 2 aromatic carbocycles. The van der Waals surface area contributed by atoms with Crippen LogP contribution in [-0.4, -0.2) is 25.2 Å². The molecule has 0 atom stereocenters. The fourth-order valence-electron chi connectivity index (χ4n) is 2.92. The monoisotopic (exact) mass is 394 g/mol. The lowest BCUT2D eigenvalue weighted by molar-refractivity contribution is -0.137. The molecule has 0 unspecified atom stereocenters. The van der Waals surface area contributed by atoms with Crippen molar-refractivity contribution in [2.24, 2.45) is 0 Å². The summed E-state index contributed by atoms with van der Waals surface area (Å²) in [6.07, 6.45) is 4.69. The summed E-state index contributed by atoms with van der Waals surface area (Å²) in [5.41, 5.74) is 0.946. The zero-order valence-electron chi connectivity index (χ0n) is 16.4. The lowest BCUT2D eigenvalue weighted by atomic mass is 10.0. The summed E-state index contributed by atoms with van der Waals surface area (Å²) in [7, 11) is 0. The van der Waals surface area contributed by atoms with Crippen molar-refractivity contribution in [3.8, 4) is 0 Å². The predicted molar refractivity (Wildman–Crippen MR) is 111 cm³/mol. The van der Waals surface area contributed by atoms with Gasteiger partial charge in [-0.2, -0.15) is 0 Å². The Hall–Kier alpha value is -3.41. The summed E-state index contributed by atoms with van der Waals surface area (Å²) in [5, 5.41) is 1.66. The van der Waals surface area contributed by atoms with Gasteiger partial charge in [0.25, 0.3) is 0 Å². The maximum absolute atomic E-state index is 12.4. The Bertz CT molecular complexity index is 1140. The SMILES string of the molecule is CCCCOC(=O)/C=C/c1ccc2c(c1)c(=O)oc1ccc(C(=O)OCC)cc12. The molecule has 1 heterocycles. The summed E-state index contributed by atoms with van der Waals surface area (Å²) >= 11 is 0. The number of ether oxygens (including phenoxy) is 2. The average molecular weight is 394 g/mol. The van der Waals surface area contributed by atoms with Crippen molar-refractivity contribution in [1.29, 1.82) is 0 Å². The van der Waals surface area contributed by atoms with Crippen molar-refractivity contribution < 1.29 is 23.5 Å². The highest BCUT2D eigenvalue weighted by Gasteiger charge is 2.12. The third kappa shape index (κ3) is 4.71. The Morgan fingerprint density at radius 2 is 1.83 bits per heavy atom. The number of fused-ring (bicyclic) bond motifs is 3. The van der Waals surface area contributed by atoms with Crippen LogP contribution in [0.3, 0.4) is 0 Å². The number of unbranched alkanes of at least 4 members (excludes halogenated alkanes) is 1. The molecule has 6 heteroatoms. The number of esters is 2. The topological polar surface area (TPSA) is 82.8 Å². The van der Waals surface area contributed by atoms with Crippen LogP contribution in [0.4, 0.5) is 0 Å². The zero-order chi connectivity index (χ0) is 20.8. The molecule has 29 heavy (non-hydrogen) atoms. The van der Waals surface area contributed by atoms with Crippen LogP contribution in [0, 0.1) is 0 Å². The second-order valence-electron chi connectivity index (χ2n) is 6.48. The van der Waals surface area contributed by atoms with Crippen molar-refractivity contribution in [3.63, 3.8) is 0 Å². The lowest BCUT2D eigenvalue weighted by Gasteiger charge is -2.06. The first-order valence-corrected chi connectivity index (χ1v) is 9.56. The second-order valence-corrected chi connectivity index (χ2v) is 6.48. The molecule has 0 aliphatic rings. The molecule has 0 amide bonds. The normalized spacial score (nSPS) is 11.2. The number of benzene rings is 2. The molecule has 0 bridgehead atoms. The van der Waals surface area contributed by atoms with E-state index in [1.807, 2.05) is 6.92 Å². The van der Waals surface area contributed by atoms with E-state index in [-0.39, 0.29) is 6.61 Å². The lowest BCUT2D eigenvalue weighted by Crippen LogP contribution is -2.05. The molecule has 0 fully saturated rings. The van der Waals surface area contributed by atoms with Gasteiger partial charge in [0, 0.05) is 11.5 Å². The van der Waals surface area contributed by atoms with Crippen LogP contribution in [0.25, 0.3) is 27.8 Å². The van der Waals surface area contributed by atoms with Crippen LogP contribution in [-0.2, 0) is 14.3 Å². The first kappa shape index (κ1) is 20.3. The molecule has 3 aromatic rings. The minimum Gasteiger partial charge on any atom is -0.463 e. The quantitative estimate of drug-likeness (QED) is 0.193. The maximum atomic E-state index is 12.4. The van der Waals surface area contributed by atoms with Gasteiger partial charge in [-0.15, -0.1) is 0 Å². The van der Waals surface area contributed by atoms with Gasteiger partial charge >= 0.3 is 17.6 Å². The molecular formula is C23H22O6. The van der Waals surface area contributed by atoms with Crippen molar-refractivity contribution >= 4 is 39.8 Å². The summed E-state index contributed by atoms with van der Waals surface area (Å²) in [4.78, 5) is 36.1. The van der Waals surface area contributed by atoms with Gasteiger partial charge in [-0.3, -0.25) is 0 Å². The second kappa shape index (κ2) is 9.19. The van der Waals surface area contributed by atoms with Gasteiger partial charge in [-0.25, -0.2) is 14.4 Å². The van der Waals surface area contributed by atoms with Gasteiger partial charge in [-0.1, -0.05) is 25.5 Å². The number of rotatable bonds is 7. The van der Waals surface area contributed by atoms with Gasteiger partial charge in [0.15, 0.2) is 0 Å². The van der Waals surface area contributed by atoms with E-state index in [0.29, 0.717) is 39.5 Å². The summed E-state index contributed by atoms with van der Waals surface area (Å²) in [6, 6.07) is 10.0. The van der Waals surface area contributed by atoms with Gasteiger partial charge in [0.05, 0.1) is 24.2 Å². The number of carbonyl (C=O) groups is 2. The molecule has 0 saturated heterocycles. The number of hydrogen-bond acceptors (Lipinski definition) is 6. The van der Waals surface area contributed by atoms with Crippen LogP contribution >= 0.6 is 0 Å². The van der Waals surface area contributed by atoms with E-state index in [1.54, 1.807) is 49.4 Å². The van der Waals surface area contributed by atoms with E-state index in [2.05, 4.69) is 0 Å². The fraction of sp³-hybridized carbons (Fsp3) is 0.261. The highest BCUT2D eigenvalue weighted by Crippen LogP contribution is 2.25. The molecular weight excluding hydrogens is 372 g/mol. The van der Waals surface area contributed by atoms with E-state index in [1.165, 1.54) is 6.08 Å². The Morgan fingerprint density at radius 1 is 1.00 bits per heavy atom. The van der Waals surface area contributed by atoms with Crippen LogP contribution in [0.2, 0.25) is 0 Å². The van der Waals surface area contributed by atoms with Gasteiger partial charge < -0.3 is 13.9 Å². The fourth-order valence-corrected chi connectivity index (χ4v) is 2.92. The molecule has 3 rings (SSSR count). The smallest absolute Gasteiger partial charge is 0.344 e. The molecule has 0 aliphatic heterocycles. The molecule has 150 valence electrons. The van der Waals surface area contributed by atoms with Crippen LogP contribution in [0.15, 0.2) is 51.7 Å². The molecule has 1 aromatic heterocycles. The molecule has 0 N–H and O–H groups in total. The highest BCUT2D eigenvalue weighted by molar-refractivity contribution is 6.07. The van der Waals surface area contributed by atoms with E-state index in [9.17, 15) is 14.4 Å². The minimum absolute atomic E-state index is 0.276. The Balaban J connectivity index is 1.97. The van der Waals surface area contributed by atoms with Gasteiger partial charge in [-0.05, 0) is 54.6 Å². The molecule has 0 spiro atoms. The van der Waals surface area contributed by atoms with Gasteiger partial charge in [0.1, 0.15) is 5.58 Å². The van der Waals surface area contributed by atoms with Crippen molar-refractivity contribution in [3.05, 3.63) is 64.0 Å². The minimum atomic E-state index is -0.489. The molecule has 6 nitrogen and oxygen atoms in total. The van der Waals surface area contributed by atoms with E-state index < -0.39 is 17.6 Å². The standard InChI is InChI=1S/C23H22O6/c1-3-5-12-28-21(24)11-7-15-6-9-17-18-14-16(22(25)27-4-2)8-10-20(18)29-23(26)19(17)13-15/h6-11,13-14H,3-5,12H2,1-2H3/b11-7+.